The van der Waals surface area contributed by atoms with Gasteiger partial charge in [0.25, 0.3) is 5.91 Å². The summed E-state index contributed by atoms with van der Waals surface area (Å²) in [4.78, 5) is 11.5. The summed E-state index contributed by atoms with van der Waals surface area (Å²) in [5.41, 5.74) is 1.22. The number of rotatable bonds is 3. The largest absolute Gasteiger partial charge is 0.417 e. The van der Waals surface area contributed by atoms with Gasteiger partial charge in [0.1, 0.15) is 0 Å². The molecule has 0 radical (unpaired) electrons. The third-order valence-electron chi connectivity index (χ3n) is 2.33. The third kappa shape index (κ3) is 3.86. The predicted octanol–water partition coefficient (Wildman–Crippen LogP) is 2.41. The van der Waals surface area contributed by atoms with E-state index in [1.54, 1.807) is 0 Å². The van der Waals surface area contributed by atoms with Crippen molar-refractivity contribution in [1.29, 1.82) is 0 Å². The zero-order valence-corrected chi connectivity index (χ0v) is 9.90. The van der Waals surface area contributed by atoms with Crippen LogP contribution in [0.4, 0.5) is 26.3 Å². The monoisotopic (exact) mass is 300 g/mol. The number of carbonyl (C=O) groups excluding carboxylic acids is 1. The van der Waals surface area contributed by atoms with E-state index in [0.29, 0.717) is 0 Å². The fourth-order valence-corrected chi connectivity index (χ4v) is 1.44. The highest BCUT2D eigenvalue weighted by Gasteiger charge is 2.38. The van der Waals surface area contributed by atoms with E-state index >= 15 is 0 Å². The molecule has 112 valence electrons. The first-order valence-electron chi connectivity index (χ1n) is 5.34. The molecule has 0 saturated carbocycles. The molecule has 0 spiro atoms. The Morgan fingerprint density at radius 3 is 2.15 bits per heavy atom. The van der Waals surface area contributed by atoms with Gasteiger partial charge < -0.3 is 11.1 Å². The minimum Gasteiger partial charge on any atom is -0.351 e. The first kappa shape index (κ1) is 16.3. The van der Waals surface area contributed by atoms with Crippen molar-refractivity contribution in [3.63, 3.8) is 0 Å². The van der Waals surface area contributed by atoms with Crippen LogP contribution in [0.25, 0.3) is 0 Å². The Morgan fingerprint density at radius 2 is 1.70 bits per heavy atom. The molecule has 0 aliphatic heterocycles. The van der Waals surface area contributed by atoms with E-state index in [9.17, 15) is 31.1 Å². The minimum atomic E-state index is -4.93. The number of benzene rings is 1. The standard InChI is InChI=1S/C11H10F6N2O/c12-10(13,14)6-1-2-8(11(15,16)17)7(5-6)9(20)19-4-3-18/h1-2,5H,3-4,18H2,(H,19,20). The fourth-order valence-electron chi connectivity index (χ4n) is 1.44. The maximum atomic E-state index is 12.7. The van der Waals surface area contributed by atoms with Crippen LogP contribution in [0.5, 0.6) is 0 Å². The van der Waals surface area contributed by atoms with Gasteiger partial charge in [0.2, 0.25) is 0 Å². The number of alkyl halides is 6. The van der Waals surface area contributed by atoms with Gasteiger partial charge in [-0.1, -0.05) is 0 Å². The van der Waals surface area contributed by atoms with Crippen LogP contribution in [0.3, 0.4) is 0 Å². The fraction of sp³-hybridized carbons (Fsp3) is 0.364. The number of nitrogens with two attached hydrogens (primary N) is 1. The molecule has 20 heavy (non-hydrogen) atoms. The van der Waals surface area contributed by atoms with E-state index in [1.807, 2.05) is 5.32 Å². The van der Waals surface area contributed by atoms with Crippen LogP contribution in [0.2, 0.25) is 0 Å². The van der Waals surface area contributed by atoms with Crippen molar-refractivity contribution in [3.8, 4) is 0 Å². The molecule has 0 unspecified atom stereocenters. The molecule has 1 amide bonds. The molecule has 0 saturated heterocycles. The second-order valence-corrected chi connectivity index (χ2v) is 3.80. The SMILES string of the molecule is NCCNC(=O)c1cc(C(F)(F)F)ccc1C(F)(F)F. The third-order valence-corrected chi connectivity index (χ3v) is 2.33. The Hall–Kier alpha value is -1.77. The number of halogens is 6. The van der Waals surface area contributed by atoms with Gasteiger partial charge in [-0.15, -0.1) is 0 Å². The second kappa shape index (κ2) is 5.70. The Balaban J connectivity index is 3.31. The lowest BCUT2D eigenvalue weighted by atomic mass is 10.0. The van der Waals surface area contributed by atoms with Crippen LogP contribution in [0, 0.1) is 0 Å². The zero-order chi connectivity index (χ0) is 15.6. The summed E-state index contributed by atoms with van der Waals surface area (Å²) in [7, 11) is 0. The van der Waals surface area contributed by atoms with Gasteiger partial charge in [-0.05, 0) is 18.2 Å². The Labute approximate surface area is 109 Å². The smallest absolute Gasteiger partial charge is 0.351 e. The molecule has 0 aliphatic rings. The van der Waals surface area contributed by atoms with Gasteiger partial charge >= 0.3 is 12.4 Å². The van der Waals surface area contributed by atoms with Crippen molar-refractivity contribution in [2.45, 2.75) is 12.4 Å². The maximum absolute atomic E-state index is 12.7. The Morgan fingerprint density at radius 1 is 1.10 bits per heavy atom. The van der Waals surface area contributed by atoms with Gasteiger partial charge in [0.15, 0.2) is 0 Å². The van der Waals surface area contributed by atoms with Gasteiger partial charge in [-0.3, -0.25) is 4.79 Å². The first-order chi connectivity index (χ1) is 9.07. The van der Waals surface area contributed by atoms with Crippen molar-refractivity contribution in [3.05, 3.63) is 34.9 Å². The Bertz CT molecular complexity index is 495. The number of carbonyl (C=O) groups is 1. The van der Waals surface area contributed by atoms with E-state index in [2.05, 4.69) is 0 Å². The molecule has 0 atom stereocenters. The molecule has 0 bridgehead atoms. The summed E-state index contributed by atoms with van der Waals surface area (Å²) in [6.07, 6.45) is -9.77. The van der Waals surface area contributed by atoms with Crippen molar-refractivity contribution in [2.75, 3.05) is 13.1 Å². The highest BCUT2D eigenvalue weighted by atomic mass is 19.4. The average molecular weight is 300 g/mol. The van der Waals surface area contributed by atoms with Crippen molar-refractivity contribution in [2.24, 2.45) is 5.73 Å². The van der Waals surface area contributed by atoms with Gasteiger partial charge in [0, 0.05) is 13.1 Å². The summed E-state index contributed by atoms with van der Waals surface area (Å²) in [5, 5.41) is 2.01. The number of hydrogen-bond acceptors (Lipinski definition) is 2. The minimum absolute atomic E-state index is 0.0496. The lowest BCUT2D eigenvalue weighted by molar-refractivity contribution is -0.141. The molecule has 1 aromatic rings. The van der Waals surface area contributed by atoms with E-state index < -0.39 is 35.0 Å². The summed E-state index contributed by atoms with van der Waals surface area (Å²) in [6.45, 7) is -0.196. The summed E-state index contributed by atoms with van der Waals surface area (Å²) >= 11 is 0. The van der Waals surface area contributed by atoms with Crippen LogP contribution < -0.4 is 11.1 Å². The normalized spacial score (nSPS) is 12.3. The zero-order valence-electron chi connectivity index (χ0n) is 9.90. The number of amides is 1. The van der Waals surface area contributed by atoms with E-state index in [-0.39, 0.29) is 31.3 Å². The van der Waals surface area contributed by atoms with Crippen molar-refractivity contribution >= 4 is 5.91 Å². The summed E-state index contributed by atoms with van der Waals surface area (Å²) in [6, 6.07) is 0.692. The lowest BCUT2D eigenvalue weighted by Crippen LogP contribution is -2.31. The topological polar surface area (TPSA) is 55.1 Å². The van der Waals surface area contributed by atoms with Crippen LogP contribution >= 0.6 is 0 Å². The highest BCUT2D eigenvalue weighted by molar-refractivity contribution is 5.96. The predicted molar refractivity (Wildman–Crippen MR) is 57.8 cm³/mol. The van der Waals surface area contributed by atoms with Crippen LogP contribution in [0.15, 0.2) is 18.2 Å². The van der Waals surface area contributed by atoms with E-state index in [4.69, 9.17) is 5.73 Å². The molecular weight excluding hydrogens is 290 g/mol. The molecular formula is C11H10F6N2O. The molecule has 0 aromatic heterocycles. The van der Waals surface area contributed by atoms with Crippen LogP contribution in [-0.4, -0.2) is 19.0 Å². The molecule has 3 nitrogen and oxygen atoms in total. The van der Waals surface area contributed by atoms with Crippen molar-refractivity contribution in [1.82, 2.24) is 5.32 Å². The molecule has 1 rings (SSSR count). The second-order valence-electron chi connectivity index (χ2n) is 3.80. The number of hydrogen-bond donors (Lipinski definition) is 2. The van der Waals surface area contributed by atoms with Gasteiger partial charge in [0.05, 0.1) is 16.7 Å². The summed E-state index contributed by atoms with van der Waals surface area (Å²) in [5.74, 6) is -1.26. The maximum Gasteiger partial charge on any atom is 0.417 e. The average Bonchev–Trinajstić information content (AvgIpc) is 2.33. The first-order valence-corrected chi connectivity index (χ1v) is 5.34. The van der Waals surface area contributed by atoms with Crippen LogP contribution in [-0.2, 0) is 12.4 Å². The van der Waals surface area contributed by atoms with Crippen molar-refractivity contribution < 1.29 is 31.1 Å². The molecule has 9 heteroatoms. The van der Waals surface area contributed by atoms with Gasteiger partial charge in [-0.25, -0.2) is 0 Å². The van der Waals surface area contributed by atoms with Gasteiger partial charge in [-0.2, -0.15) is 26.3 Å². The molecule has 1 aromatic carbocycles. The lowest BCUT2D eigenvalue weighted by Gasteiger charge is -2.15. The Kier molecular flexibility index (Phi) is 4.64. The quantitative estimate of drug-likeness (QED) is 0.842. The molecule has 0 aliphatic carbocycles. The molecule has 0 heterocycles. The van der Waals surface area contributed by atoms with E-state index in [1.165, 1.54) is 0 Å². The number of nitrogens with one attached hydrogen (secondary N) is 1. The van der Waals surface area contributed by atoms with Crippen LogP contribution in [0.1, 0.15) is 21.5 Å². The summed E-state index contributed by atoms with van der Waals surface area (Å²) < 4.78 is 75.5. The highest BCUT2D eigenvalue weighted by Crippen LogP contribution is 2.36. The molecule has 0 fully saturated rings. The van der Waals surface area contributed by atoms with E-state index in [0.717, 1.165) is 0 Å². The molecule has 3 N–H and O–H groups in total.